The van der Waals surface area contributed by atoms with Crippen LogP contribution in [0, 0.1) is 11.8 Å². The molecule has 20 heavy (non-hydrogen) atoms. The van der Waals surface area contributed by atoms with Gasteiger partial charge in [-0.05, 0) is 31.8 Å². The molecule has 1 atom stereocenters. The van der Waals surface area contributed by atoms with Crippen LogP contribution in [0.3, 0.4) is 0 Å². The lowest BCUT2D eigenvalue weighted by Crippen LogP contribution is -2.38. The molecule has 0 unspecified atom stereocenters. The SMILES string of the molecule is C=C/C(=C\N=C(C)N(C[C@@H](C)C(C)C)C(C)=O)OCC. The molecule has 0 saturated carbocycles. The first-order valence-corrected chi connectivity index (χ1v) is 7.11. The number of amidine groups is 1. The molecule has 4 nitrogen and oxygen atoms in total. The lowest BCUT2D eigenvalue weighted by atomic mass is 9.97. The molecule has 0 fully saturated rings. The van der Waals surface area contributed by atoms with E-state index in [1.807, 2.05) is 13.8 Å². The third kappa shape index (κ3) is 6.55. The van der Waals surface area contributed by atoms with E-state index in [-0.39, 0.29) is 5.91 Å². The Morgan fingerprint density at radius 2 is 1.95 bits per heavy atom. The molecule has 0 spiro atoms. The lowest BCUT2D eigenvalue weighted by Gasteiger charge is -2.26. The average molecular weight is 280 g/mol. The second-order valence-electron chi connectivity index (χ2n) is 5.20. The van der Waals surface area contributed by atoms with Crippen LogP contribution < -0.4 is 0 Å². The summed E-state index contributed by atoms with van der Waals surface area (Å²) in [7, 11) is 0. The van der Waals surface area contributed by atoms with Crippen LogP contribution in [0.5, 0.6) is 0 Å². The largest absolute Gasteiger partial charge is 0.492 e. The van der Waals surface area contributed by atoms with Crippen molar-refractivity contribution in [1.82, 2.24) is 4.90 Å². The first-order valence-electron chi connectivity index (χ1n) is 7.11. The zero-order valence-corrected chi connectivity index (χ0v) is 13.6. The second-order valence-corrected chi connectivity index (χ2v) is 5.20. The fourth-order valence-electron chi connectivity index (χ4n) is 1.53. The van der Waals surface area contributed by atoms with Crippen molar-refractivity contribution < 1.29 is 9.53 Å². The molecule has 0 aliphatic heterocycles. The van der Waals surface area contributed by atoms with Gasteiger partial charge in [0.15, 0.2) is 0 Å². The number of amides is 1. The van der Waals surface area contributed by atoms with E-state index in [1.54, 1.807) is 24.1 Å². The molecular formula is C16H28N2O2. The summed E-state index contributed by atoms with van der Waals surface area (Å²) in [5.74, 6) is 2.21. The van der Waals surface area contributed by atoms with E-state index in [0.29, 0.717) is 36.6 Å². The van der Waals surface area contributed by atoms with Crippen molar-refractivity contribution in [2.75, 3.05) is 13.2 Å². The van der Waals surface area contributed by atoms with Crippen molar-refractivity contribution in [1.29, 1.82) is 0 Å². The molecule has 0 radical (unpaired) electrons. The molecule has 1 amide bonds. The summed E-state index contributed by atoms with van der Waals surface area (Å²) < 4.78 is 5.33. The molecule has 114 valence electrons. The van der Waals surface area contributed by atoms with Gasteiger partial charge in [0.1, 0.15) is 11.6 Å². The maximum absolute atomic E-state index is 11.8. The Balaban J connectivity index is 5.00. The fourth-order valence-corrected chi connectivity index (χ4v) is 1.53. The number of aliphatic imine (C=N–C) groups is 1. The smallest absolute Gasteiger partial charge is 0.224 e. The van der Waals surface area contributed by atoms with E-state index in [0.717, 1.165) is 0 Å². The Labute approximate surface area is 123 Å². The van der Waals surface area contributed by atoms with Crippen molar-refractivity contribution in [3.05, 3.63) is 24.6 Å². The van der Waals surface area contributed by atoms with Gasteiger partial charge in [0, 0.05) is 13.5 Å². The molecule has 0 aromatic heterocycles. The van der Waals surface area contributed by atoms with Gasteiger partial charge in [0.05, 0.1) is 12.8 Å². The minimum absolute atomic E-state index is 0.00344. The van der Waals surface area contributed by atoms with E-state index in [4.69, 9.17) is 4.74 Å². The van der Waals surface area contributed by atoms with E-state index >= 15 is 0 Å². The van der Waals surface area contributed by atoms with E-state index in [2.05, 4.69) is 32.3 Å². The van der Waals surface area contributed by atoms with Crippen molar-refractivity contribution in [2.45, 2.75) is 41.5 Å². The van der Waals surface area contributed by atoms with Gasteiger partial charge < -0.3 is 9.64 Å². The van der Waals surface area contributed by atoms with Gasteiger partial charge in [-0.2, -0.15) is 0 Å². The highest BCUT2D eigenvalue weighted by atomic mass is 16.5. The van der Waals surface area contributed by atoms with Crippen molar-refractivity contribution in [3.8, 4) is 0 Å². The van der Waals surface area contributed by atoms with E-state index < -0.39 is 0 Å². The molecular weight excluding hydrogens is 252 g/mol. The summed E-state index contributed by atoms with van der Waals surface area (Å²) in [6.07, 6.45) is 3.21. The van der Waals surface area contributed by atoms with Crippen LogP contribution in [0.15, 0.2) is 29.6 Å². The van der Waals surface area contributed by atoms with Crippen LogP contribution in [0.1, 0.15) is 41.5 Å². The maximum Gasteiger partial charge on any atom is 0.224 e. The number of hydrogen-bond donors (Lipinski definition) is 0. The number of allylic oxidation sites excluding steroid dienone is 1. The van der Waals surface area contributed by atoms with Crippen LogP contribution in [-0.2, 0) is 9.53 Å². The summed E-state index contributed by atoms with van der Waals surface area (Å²) in [5.41, 5.74) is 0. The number of rotatable bonds is 7. The first-order chi connectivity index (χ1) is 9.33. The number of carbonyl (C=O) groups is 1. The third-order valence-corrected chi connectivity index (χ3v) is 3.27. The van der Waals surface area contributed by atoms with Gasteiger partial charge >= 0.3 is 0 Å². The van der Waals surface area contributed by atoms with E-state index in [9.17, 15) is 4.79 Å². The Bertz CT molecular complexity index is 384. The quantitative estimate of drug-likeness (QED) is 0.309. The number of hydrogen-bond acceptors (Lipinski definition) is 3. The second kappa shape index (κ2) is 9.34. The van der Waals surface area contributed by atoms with Crippen LogP contribution >= 0.6 is 0 Å². The zero-order chi connectivity index (χ0) is 15.7. The standard InChI is InChI=1S/C16H28N2O2/c1-8-16(20-9-2)10-17-14(6)18(15(7)19)11-13(5)12(3)4/h8,10,12-13H,1,9,11H2,2-7H3/b16-10+,17-14?/t13-/m1/s1. The van der Waals surface area contributed by atoms with Crippen molar-refractivity contribution in [2.24, 2.45) is 16.8 Å². The molecule has 4 heteroatoms. The van der Waals surface area contributed by atoms with E-state index in [1.165, 1.54) is 0 Å². The summed E-state index contributed by atoms with van der Waals surface area (Å²) >= 11 is 0. The summed E-state index contributed by atoms with van der Waals surface area (Å²) in [6, 6.07) is 0. The molecule has 0 aromatic carbocycles. The van der Waals surface area contributed by atoms with Gasteiger partial charge in [-0.15, -0.1) is 0 Å². The fraction of sp³-hybridized carbons (Fsp3) is 0.625. The highest BCUT2D eigenvalue weighted by molar-refractivity contribution is 5.96. The summed E-state index contributed by atoms with van der Waals surface area (Å²) in [6.45, 7) is 16.6. The van der Waals surface area contributed by atoms with Gasteiger partial charge in [0.25, 0.3) is 0 Å². The Morgan fingerprint density at radius 3 is 2.35 bits per heavy atom. The van der Waals surface area contributed by atoms with Gasteiger partial charge in [-0.1, -0.05) is 27.4 Å². The minimum Gasteiger partial charge on any atom is -0.492 e. The normalized spacial score (nSPS) is 14.2. The number of ether oxygens (including phenoxy) is 1. The van der Waals surface area contributed by atoms with Crippen molar-refractivity contribution in [3.63, 3.8) is 0 Å². The van der Waals surface area contributed by atoms with Crippen LogP contribution in [0.25, 0.3) is 0 Å². The molecule has 0 bridgehead atoms. The lowest BCUT2D eigenvalue weighted by molar-refractivity contribution is -0.125. The minimum atomic E-state index is 0.00344. The predicted octanol–water partition coefficient (Wildman–Crippen LogP) is 3.61. The molecule has 0 aliphatic rings. The topological polar surface area (TPSA) is 41.9 Å². The van der Waals surface area contributed by atoms with Crippen LogP contribution in [0.4, 0.5) is 0 Å². The van der Waals surface area contributed by atoms with Gasteiger partial charge in [-0.25, -0.2) is 4.99 Å². The highest BCUT2D eigenvalue weighted by Gasteiger charge is 2.17. The van der Waals surface area contributed by atoms with Crippen molar-refractivity contribution >= 4 is 11.7 Å². The van der Waals surface area contributed by atoms with Crippen LogP contribution in [-0.4, -0.2) is 29.8 Å². The van der Waals surface area contributed by atoms with Gasteiger partial charge in [-0.3, -0.25) is 4.79 Å². The monoisotopic (exact) mass is 280 g/mol. The summed E-state index contributed by atoms with van der Waals surface area (Å²) in [5, 5.41) is 0. The maximum atomic E-state index is 11.8. The molecule has 0 aliphatic carbocycles. The van der Waals surface area contributed by atoms with Crippen LogP contribution in [0.2, 0.25) is 0 Å². The summed E-state index contributed by atoms with van der Waals surface area (Å²) in [4.78, 5) is 17.8. The molecule has 0 aromatic rings. The first kappa shape index (κ1) is 18.4. The van der Waals surface area contributed by atoms with Gasteiger partial charge in [0.2, 0.25) is 5.91 Å². The zero-order valence-electron chi connectivity index (χ0n) is 13.6. The molecule has 0 saturated heterocycles. The number of nitrogens with zero attached hydrogens (tertiary/aromatic N) is 2. The third-order valence-electron chi connectivity index (χ3n) is 3.27. The predicted molar refractivity (Wildman–Crippen MR) is 84.4 cm³/mol. The average Bonchev–Trinajstić information content (AvgIpc) is 2.39. The Morgan fingerprint density at radius 1 is 1.35 bits per heavy atom. The highest BCUT2D eigenvalue weighted by Crippen LogP contribution is 2.12. The molecule has 0 heterocycles. The molecule has 0 rings (SSSR count). The molecule has 0 N–H and O–H groups in total. The Hall–Kier alpha value is -1.58. The Kier molecular flexibility index (Phi) is 8.61. The number of carbonyl (C=O) groups excluding carboxylic acids is 1.